The van der Waals surface area contributed by atoms with Crippen LogP contribution < -0.4 is 5.56 Å². The lowest BCUT2D eigenvalue weighted by molar-refractivity contribution is 1.01. The molecule has 0 aliphatic heterocycles. The van der Waals surface area contributed by atoms with E-state index in [-0.39, 0.29) is 10.6 Å². The van der Waals surface area contributed by atoms with Crippen LogP contribution in [0.5, 0.6) is 0 Å². The van der Waals surface area contributed by atoms with Crippen LogP contribution in [0.4, 0.5) is 0 Å². The van der Waals surface area contributed by atoms with Crippen molar-refractivity contribution in [1.82, 2.24) is 15.0 Å². The van der Waals surface area contributed by atoms with Gasteiger partial charge in [0.15, 0.2) is 4.34 Å². The van der Waals surface area contributed by atoms with Gasteiger partial charge in [0.25, 0.3) is 5.56 Å². The Hall–Kier alpha value is -1.37. The maximum absolute atomic E-state index is 11.3. The smallest absolute Gasteiger partial charge is 0.270 e. The molecule has 0 spiro atoms. The van der Waals surface area contributed by atoms with E-state index in [1.165, 1.54) is 18.1 Å². The number of hydrogen-bond donors (Lipinski definition) is 1. The molecule has 18 heavy (non-hydrogen) atoms. The molecule has 0 radical (unpaired) electrons. The van der Waals surface area contributed by atoms with Gasteiger partial charge in [0.1, 0.15) is 10.0 Å². The van der Waals surface area contributed by atoms with Gasteiger partial charge in [0.05, 0.1) is 16.5 Å². The standard InChI is InChI=1S/C11H6ClN3OS2/c12-8-9(16)13-5-14-10(8)18-11-15-6-3-1-2-4-7(6)17-11/h1-5H,(H,13,14,16). The predicted octanol–water partition coefficient (Wildman–Crippen LogP) is 3.18. The van der Waals surface area contributed by atoms with Gasteiger partial charge in [-0.2, -0.15) is 0 Å². The van der Waals surface area contributed by atoms with E-state index in [0.29, 0.717) is 5.03 Å². The van der Waals surface area contributed by atoms with E-state index in [4.69, 9.17) is 11.6 Å². The van der Waals surface area contributed by atoms with Crippen LogP contribution in [-0.2, 0) is 0 Å². The van der Waals surface area contributed by atoms with Crippen LogP contribution in [0.2, 0.25) is 5.02 Å². The number of rotatable bonds is 2. The highest BCUT2D eigenvalue weighted by Gasteiger charge is 2.11. The Labute approximate surface area is 115 Å². The second kappa shape index (κ2) is 4.72. The van der Waals surface area contributed by atoms with E-state index in [1.807, 2.05) is 24.3 Å². The van der Waals surface area contributed by atoms with Gasteiger partial charge in [-0.1, -0.05) is 23.7 Å². The molecule has 0 saturated heterocycles. The molecule has 0 fully saturated rings. The molecule has 0 aliphatic rings. The Kier molecular flexibility index (Phi) is 3.07. The molecule has 0 atom stereocenters. The van der Waals surface area contributed by atoms with Crippen molar-refractivity contribution in [3.63, 3.8) is 0 Å². The molecule has 3 aromatic rings. The second-order valence-corrected chi connectivity index (χ2v) is 6.04. The third kappa shape index (κ3) is 2.14. The van der Waals surface area contributed by atoms with Gasteiger partial charge >= 0.3 is 0 Å². The van der Waals surface area contributed by atoms with Crippen molar-refractivity contribution in [2.24, 2.45) is 0 Å². The fourth-order valence-corrected chi connectivity index (χ4v) is 3.60. The van der Waals surface area contributed by atoms with E-state index in [0.717, 1.165) is 14.6 Å². The highest BCUT2D eigenvalue weighted by Crippen LogP contribution is 2.34. The van der Waals surface area contributed by atoms with E-state index < -0.39 is 0 Å². The minimum Gasteiger partial charge on any atom is -0.312 e. The molecule has 0 unspecified atom stereocenters. The van der Waals surface area contributed by atoms with Gasteiger partial charge in [-0.15, -0.1) is 11.3 Å². The van der Waals surface area contributed by atoms with E-state index in [9.17, 15) is 4.79 Å². The molecule has 2 heterocycles. The van der Waals surface area contributed by atoms with Crippen LogP contribution in [0.15, 0.2) is 44.8 Å². The number of thiazole rings is 1. The summed E-state index contributed by atoms with van der Waals surface area (Å²) in [5.74, 6) is 0. The topological polar surface area (TPSA) is 58.6 Å². The van der Waals surface area contributed by atoms with E-state index in [2.05, 4.69) is 15.0 Å². The summed E-state index contributed by atoms with van der Waals surface area (Å²) < 4.78 is 1.91. The first-order chi connectivity index (χ1) is 8.74. The lowest BCUT2D eigenvalue weighted by Crippen LogP contribution is -2.07. The van der Waals surface area contributed by atoms with Crippen molar-refractivity contribution >= 4 is 44.9 Å². The van der Waals surface area contributed by atoms with Crippen LogP contribution >= 0.6 is 34.7 Å². The number of aromatic nitrogens is 3. The molecule has 3 rings (SSSR count). The Morgan fingerprint density at radius 3 is 3.00 bits per heavy atom. The number of nitrogens with one attached hydrogen (secondary N) is 1. The highest BCUT2D eigenvalue weighted by molar-refractivity contribution is 8.01. The number of aromatic amines is 1. The molecule has 1 N–H and O–H groups in total. The molecule has 0 aliphatic carbocycles. The average molecular weight is 296 g/mol. The Morgan fingerprint density at radius 1 is 1.33 bits per heavy atom. The van der Waals surface area contributed by atoms with Crippen LogP contribution in [-0.4, -0.2) is 15.0 Å². The number of para-hydroxylation sites is 1. The maximum Gasteiger partial charge on any atom is 0.270 e. The molecular weight excluding hydrogens is 290 g/mol. The first kappa shape index (κ1) is 11.7. The molecular formula is C11H6ClN3OS2. The zero-order valence-electron chi connectivity index (χ0n) is 8.88. The summed E-state index contributed by atoms with van der Waals surface area (Å²) in [5.41, 5.74) is 0.598. The lowest BCUT2D eigenvalue weighted by Gasteiger charge is -1.97. The largest absolute Gasteiger partial charge is 0.312 e. The molecule has 0 amide bonds. The van der Waals surface area contributed by atoms with Gasteiger partial charge in [0, 0.05) is 0 Å². The number of halogens is 1. The number of benzene rings is 1. The van der Waals surface area contributed by atoms with Crippen molar-refractivity contribution in [2.45, 2.75) is 9.37 Å². The molecule has 4 nitrogen and oxygen atoms in total. The molecule has 1 aromatic carbocycles. The molecule has 7 heteroatoms. The maximum atomic E-state index is 11.3. The first-order valence-electron chi connectivity index (χ1n) is 5.00. The van der Waals surface area contributed by atoms with Crippen LogP contribution in [0.1, 0.15) is 0 Å². The fourth-order valence-electron chi connectivity index (χ4n) is 1.42. The fraction of sp³-hybridized carbons (Fsp3) is 0. The van der Waals surface area contributed by atoms with Gasteiger partial charge in [0.2, 0.25) is 0 Å². The lowest BCUT2D eigenvalue weighted by atomic mass is 10.3. The average Bonchev–Trinajstić information content (AvgIpc) is 2.77. The Balaban J connectivity index is 2.01. The predicted molar refractivity (Wildman–Crippen MR) is 73.6 cm³/mol. The van der Waals surface area contributed by atoms with Crippen LogP contribution in [0, 0.1) is 0 Å². The third-order valence-electron chi connectivity index (χ3n) is 2.22. The zero-order valence-corrected chi connectivity index (χ0v) is 11.3. The first-order valence-corrected chi connectivity index (χ1v) is 7.02. The highest BCUT2D eigenvalue weighted by atomic mass is 35.5. The van der Waals surface area contributed by atoms with Crippen molar-refractivity contribution in [3.8, 4) is 0 Å². The minimum absolute atomic E-state index is 0.0988. The number of fused-ring (bicyclic) bond motifs is 1. The molecule has 0 bridgehead atoms. The summed E-state index contributed by atoms with van der Waals surface area (Å²) in [5, 5.41) is 0.571. The summed E-state index contributed by atoms with van der Waals surface area (Å²) in [7, 11) is 0. The molecule has 90 valence electrons. The molecule has 2 aromatic heterocycles. The zero-order chi connectivity index (χ0) is 12.5. The summed E-state index contributed by atoms with van der Waals surface area (Å²) in [4.78, 5) is 22.3. The van der Waals surface area contributed by atoms with Gasteiger partial charge in [-0.25, -0.2) is 9.97 Å². The second-order valence-electron chi connectivity index (χ2n) is 3.40. The normalized spacial score (nSPS) is 10.9. The number of H-pyrrole nitrogens is 1. The van der Waals surface area contributed by atoms with Crippen molar-refractivity contribution in [3.05, 3.63) is 46.0 Å². The number of nitrogens with zero attached hydrogens (tertiary/aromatic N) is 2. The summed E-state index contributed by atoms with van der Waals surface area (Å²) >= 11 is 8.74. The molecule has 0 saturated carbocycles. The summed E-state index contributed by atoms with van der Waals surface area (Å²) in [6, 6.07) is 7.86. The van der Waals surface area contributed by atoms with Crippen molar-refractivity contribution < 1.29 is 0 Å². The third-order valence-corrected chi connectivity index (χ3v) is 4.79. The van der Waals surface area contributed by atoms with Crippen LogP contribution in [0.25, 0.3) is 10.2 Å². The van der Waals surface area contributed by atoms with Gasteiger partial charge in [-0.05, 0) is 23.9 Å². The SMILES string of the molecule is O=c1[nH]cnc(Sc2nc3ccccc3s2)c1Cl. The monoisotopic (exact) mass is 295 g/mol. The summed E-state index contributed by atoms with van der Waals surface area (Å²) in [6.07, 6.45) is 1.34. The van der Waals surface area contributed by atoms with Gasteiger partial charge < -0.3 is 4.98 Å². The quantitative estimate of drug-likeness (QED) is 0.738. The van der Waals surface area contributed by atoms with E-state index in [1.54, 1.807) is 11.3 Å². The number of hydrogen-bond acceptors (Lipinski definition) is 5. The minimum atomic E-state index is -0.338. The Bertz CT molecular complexity index is 735. The van der Waals surface area contributed by atoms with Gasteiger partial charge in [-0.3, -0.25) is 4.79 Å². The van der Waals surface area contributed by atoms with E-state index >= 15 is 0 Å². The Morgan fingerprint density at radius 2 is 2.17 bits per heavy atom. The van der Waals surface area contributed by atoms with Crippen molar-refractivity contribution in [1.29, 1.82) is 0 Å². The summed E-state index contributed by atoms with van der Waals surface area (Å²) in [6.45, 7) is 0. The van der Waals surface area contributed by atoms with Crippen LogP contribution in [0.3, 0.4) is 0 Å². The van der Waals surface area contributed by atoms with Crippen molar-refractivity contribution in [2.75, 3.05) is 0 Å².